The molecule has 2 heterocycles. The van der Waals surface area contributed by atoms with Crippen molar-refractivity contribution in [2.24, 2.45) is 0 Å². The maximum absolute atomic E-state index is 5.39. The average Bonchev–Trinajstić information content (AvgIpc) is 3.04. The third-order valence-corrected chi connectivity index (χ3v) is 2.84. The second kappa shape index (κ2) is 5.68. The molecule has 2 aromatic rings. The molecule has 2 N–H and O–H groups in total. The van der Waals surface area contributed by atoms with Crippen molar-refractivity contribution in [3.8, 4) is 5.75 Å². The molecule has 0 amide bonds. The average molecular weight is 249 g/mol. The van der Waals surface area contributed by atoms with Crippen LogP contribution in [0.15, 0.2) is 18.6 Å². The number of ether oxygens (including phenoxy) is 1. The van der Waals surface area contributed by atoms with Crippen molar-refractivity contribution in [3.63, 3.8) is 0 Å². The summed E-state index contributed by atoms with van der Waals surface area (Å²) in [5.74, 6) is 1.64. The van der Waals surface area contributed by atoms with Gasteiger partial charge in [0.1, 0.15) is 17.6 Å². The Morgan fingerprint density at radius 3 is 2.89 bits per heavy atom. The first-order valence-corrected chi connectivity index (χ1v) is 6.14. The summed E-state index contributed by atoms with van der Waals surface area (Å²) in [6, 6.07) is -0.0394. The fraction of sp³-hybridized carbons (Fsp3) is 0.500. The topological polar surface area (TPSA) is 67.8 Å². The number of hydrogen-bond acceptors (Lipinski definition) is 4. The molecule has 0 aliphatic rings. The lowest BCUT2D eigenvalue weighted by Gasteiger charge is -2.18. The quantitative estimate of drug-likeness (QED) is 0.810. The van der Waals surface area contributed by atoms with E-state index in [0.29, 0.717) is 0 Å². The molecule has 98 valence electrons. The number of methoxy groups -OCH3 is 1. The molecular formula is C12H19N5O. The summed E-state index contributed by atoms with van der Waals surface area (Å²) in [7, 11) is 1.66. The molecule has 0 aliphatic heterocycles. The molecule has 0 saturated carbocycles. The first kappa shape index (κ1) is 12.6. The highest BCUT2D eigenvalue weighted by Gasteiger charge is 2.24. The van der Waals surface area contributed by atoms with Gasteiger partial charge in [-0.1, -0.05) is 6.92 Å². The molecule has 1 atom stereocenters. The second-order valence-electron chi connectivity index (χ2n) is 3.88. The van der Waals surface area contributed by atoms with Gasteiger partial charge in [-0.3, -0.25) is 4.68 Å². The maximum Gasteiger partial charge on any atom is 0.162 e. The van der Waals surface area contributed by atoms with Crippen LogP contribution in [0.5, 0.6) is 5.75 Å². The maximum atomic E-state index is 5.39. The fourth-order valence-electron chi connectivity index (χ4n) is 2.04. The monoisotopic (exact) mass is 249 g/mol. The second-order valence-corrected chi connectivity index (χ2v) is 3.88. The van der Waals surface area contributed by atoms with Gasteiger partial charge in [-0.05, 0) is 13.5 Å². The molecule has 0 bridgehead atoms. The Hall–Kier alpha value is -1.82. The lowest BCUT2D eigenvalue weighted by Crippen LogP contribution is -2.26. The van der Waals surface area contributed by atoms with Gasteiger partial charge in [-0.25, -0.2) is 4.98 Å². The summed E-state index contributed by atoms with van der Waals surface area (Å²) in [5, 5.41) is 7.73. The van der Waals surface area contributed by atoms with Gasteiger partial charge in [0.2, 0.25) is 0 Å². The third-order valence-electron chi connectivity index (χ3n) is 2.84. The van der Waals surface area contributed by atoms with Crippen LogP contribution in [-0.2, 0) is 6.54 Å². The summed E-state index contributed by atoms with van der Waals surface area (Å²) < 4.78 is 7.31. The number of H-pyrrole nitrogens is 1. The number of nitrogens with one attached hydrogen (secondary N) is 2. The van der Waals surface area contributed by atoms with Crippen LogP contribution in [0.3, 0.4) is 0 Å². The van der Waals surface area contributed by atoms with E-state index in [4.69, 9.17) is 4.74 Å². The van der Waals surface area contributed by atoms with Gasteiger partial charge in [0.05, 0.1) is 13.3 Å². The first-order valence-electron chi connectivity index (χ1n) is 6.14. The highest BCUT2D eigenvalue weighted by Crippen LogP contribution is 2.28. The molecule has 18 heavy (non-hydrogen) atoms. The van der Waals surface area contributed by atoms with E-state index >= 15 is 0 Å². The Morgan fingerprint density at radius 2 is 2.33 bits per heavy atom. The molecule has 6 heteroatoms. The van der Waals surface area contributed by atoms with Crippen LogP contribution < -0.4 is 10.1 Å². The van der Waals surface area contributed by atoms with E-state index in [-0.39, 0.29) is 6.04 Å². The molecular weight excluding hydrogens is 230 g/mol. The van der Waals surface area contributed by atoms with E-state index in [1.54, 1.807) is 19.5 Å². The van der Waals surface area contributed by atoms with Gasteiger partial charge in [0.15, 0.2) is 5.75 Å². The van der Waals surface area contributed by atoms with Crippen molar-refractivity contribution < 1.29 is 4.74 Å². The number of nitrogens with zero attached hydrogens (tertiary/aromatic N) is 3. The Morgan fingerprint density at radius 1 is 1.50 bits per heavy atom. The highest BCUT2D eigenvalue weighted by atomic mass is 16.5. The van der Waals surface area contributed by atoms with Gasteiger partial charge >= 0.3 is 0 Å². The van der Waals surface area contributed by atoms with E-state index in [2.05, 4.69) is 34.2 Å². The van der Waals surface area contributed by atoms with E-state index in [1.807, 2.05) is 10.9 Å². The van der Waals surface area contributed by atoms with Gasteiger partial charge in [-0.15, -0.1) is 0 Å². The Kier molecular flexibility index (Phi) is 3.99. The van der Waals surface area contributed by atoms with Crippen LogP contribution in [-0.4, -0.2) is 33.4 Å². The number of aromatic amines is 1. The summed E-state index contributed by atoms with van der Waals surface area (Å²) in [5.41, 5.74) is 0.997. The van der Waals surface area contributed by atoms with Gasteiger partial charge in [0, 0.05) is 18.9 Å². The van der Waals surface area contributed by atoms with E-state index < -0.39 is 0 Å². The minimum Gasteiger partial charge on any atom is -0.493 e. The van der Waals surface area contributed by atoms with Crippen LogP contribution in [0, 0.1) is 0 Å². The van der Waals surface area contributed by atoms with Crippen LogP contribution in [0.4, 0.5) is 0 Å². The van der Waals surface area contributed by atoms with Crippen LogP contribution in [0.2, 0.25) is 0 Å². The molecule has 0 fully saturated rings. The molecule has 0 spiro atoms. The van der Waals surface area contributed by atoms with Crippen molar-refractivity contribution in [1.82, 2.24) is 25.1 Å². The van der Waals surface area contributed by atoms with E-state index in [9.17, 15) is 0 Å². The number of rotatable bonds is 6. The Labute approximate surface area is 106 Å². The number of hydrogen-bond donors (Lipinski definition) is 2. The Balaban J connectivity index is 2.44. The van der Waals surface area contributed by atoms with E-state index in [1.165, 1.54) is 0 Å². The van der Waals surface area contributed by atoms with Crippen molar-refractivity contribution >= 4 is 0 Å². The summed E-state index contributed by atoms with van der Waals surface area (Å²) >= 11 is 0. The molecule has 0 saturated heterocycles. The van der Waals surface area contributed by atoms with Crippen molar-refractivity contribution in [1.29, 1.82) is 0 Å². The number of aryl methyl sites for hydroxylation is 1. The molecule has 2 aromatic heterocycles. The zero-order valence-electron chi connectivity index (χ0n) is 11.0. The lowest BCUT2D eigenvalue weighted by atomic mass is 10.1. The zero-order chi connectivity index (χ0) is 13.0. The summed E-state index contributed by atoms with van der Waals surface area (Å²) in [6.45, 7) is 5.75. The minimum atomic E-state index is -0.0394. The van der Waals surface area contributed by atoms with Crippen LogP contribution in [0.25, 0.3) is 0 Å². The van der Waals surface area contributed by atoms with Crippen LogP contribution in [0.1, 0.15) is 31.4 Å². The van der Waals surface area contributed by atoms with E-state index in [0.717, 1.165) is 30.4 Å². The van der Waals surface area contributed by atoms with Gasteiger partial charge in [-0.2, -0.15) is 5.10 Å². The zero-order valence-corrected chi connectivity index (χ0v) is 11.0. The standard InChI is InChI=1S/C12H19N5O/c1-4-13-10(12-14-6-7-15-12)11-9(18-3)8-16-17(11)5-2/h6-8,10,13H,4-5H2,1-3H3,(H,14,15). The molecule has 0 aromatic carbocycles. The first-order chi connectivity index (χ1) is 8.81. The molecule has 1 unspecified atom stereocenters. The predicted octanol–water partition coefficient (Wildman–Crippen LogP) is 1.33. The lowest BCUT2D eigenvalue weighted by molar-refractivity contribution is 0.398. The predicted molar refractivity (Wildman–Crippen MR) is 68.6 cm³/mol. The normalized spacial score (nSPS) is 12.6. The molecule has 0 aliphatic carbocycles. The molecule has 0 radical (unpaired) electrons. The summed E-state index contributed by atoms with van der Waals surface area (Å²) in [4.78, 5) is 7.47. The van der Waals surface area contributed by atoms with Crippen molar-refractivity contribution in [2.45, 2.75) is 26.4 Å². The summed E-state index contributed by atoms with van der Waals surface area (Å²) in [6.07, 6.45) is 5.31. The SMILES string of the molecule is CCNC(c1ncc[nH]1)c1c(OC)cnn1CC. The number of aromatic nitrogens is 4. The number of imidazole rings is 1. The van der Waals surface area contributed by atoms with Gasteiger partial charge < -0.3 is 15.0 Å². The third kappa shape index (κ3) is 2.24. The fourth-order valence-corrected chi connectivity index (χ4v) is 2.04. The van der Waals surface area contributed by atoms with Crippen molar-refractivity contribution in [3.05, 3.63) is 30.1 Å². The molecule has 2 rings (SSSR count). The smallest absolute Gasteiger partial charge is 0.162 e. The van der Waals surface area contributed by atoms with Crippen molar-refractivity contribution in [2.75, 3.05) is 13.7 Å². The highest BCUT2D eigenvalue weighted by molar-refractivity contribution is 5.32. The van der Waals surface area contributed by atoms with Crippen LogP contribution >= 0.6 is 0 Å². The minimum absolute atomic E-state index is 0.0394. The Bertz CT molecular complexity index is 455. The molecule has 6 nitrogen and oxygen atoms in total. The largest absolute Gasteiger partial charge is 0.493 e. The van der Waals surface area contributed by atoms with Gasteiger partial charge in [0.25, 0.3) is 0 Å².